The van der Waals surface area contributed by atoms with Gasteiger partial charge in [0, 0.05) is 23.5 Å². The van der Waals surface area contributed by atoms with Gasteiger partial charge < -0.3 is 0 Å². The first-order valence-corrected chi connectivity index (χ1v) is 11.0. The van der Waals surface area contributed by atoms with Crippen LogP contribution in [0.25, 0.3) is 0 Å². The second kappa shape index (κ2) is 4.29. The smallest absolute Gasteiger partial charge is 0.0406 e. The normalized spacial score (nSPS) is 57.4. The molecule has 0 radical (unpaired) electrons. The van der Waals surface area contributed by atoms with Gasteiger partial charge in [-0.3, -0.25) is 4.90 Å². The van der Waals surface area contributed by atoms with E-state index in [1.165, 1.54) is 57.9 Å². The van der Waals surface area contributed by atoms with Crippen molar-refractivity contribution < 1.29 is 0 Å². The third-order valence-electron chi connectivity index (χ3n) is 10.8. The van der Waals surface area contributed by atoms with E-state index in [1.54, 1.807) is 5.57 Å². The van der Waals surface area contributed by atoms with Crippen LogP contribution in [0.5, 0.6) is 0 Å². The van der Waals surface area contributed by atoms with Crippen LogP contribution in [0.3, 0.4) is 0 Å². The molecule has 136 valence electrons. The molecule has 2 bridgehead atoms. The molecular formula is C24H35N. The van der Waals surface area contributed by atoms with Crippen LogP contribution in [0.2, 0.25) is 0 Å². The predicted octanol–water partition coefficient (Wildman–Crippen LogP) is 5.72. The molecule has 0 N–H and O–H groups in total. The fourth-order valence-electron chi connectivity index (χ4n) is 9.32. The van der Waals surface area contributed by atoms with E-state index in [0.717, 1.165) is 11.8 Å². The highest BCUT2D eigenvalue weighted by Gasteiger charge is 2.75. The Bertz CT molecular complexity index is 714. The summed E-state index contributed by atoms with van der Waals surface area (Å²) in [4.78, 5) is 2.98. The van der Waals surface area contributed by atoms with Crippen LogP contribution in [0.1, 0.15) is 79.1 Å². The highest BCUT2D eigenvalue weighted by molar-refractivity contribution is 5.44. The average molecular weight is 338 g/mol. The van der Waals surface area contributed by atoms with Crippen molar-refractivity contribution in [3.63, 3.8) is 0 Å². The second-order valence-corrected chi connectivity index (χ2v) is 11.2. The van der Waals surface area contributed by atoms with Gasteiger partial charge in [-0.2, -0.15) is 0 Å². The van der Waals surface area contributed by atoms with Gasteiger partial charge in [0.1, 0.15) is 0 Å². The molecule has 1 nitrogen and oxygen atoms in total. The van der Waals surface area contributed by atoms with Gasteiger partial charge in [-0.15, -0.1) is 0 Å². The minimum Gasteiger partial charge on any atom is -0.287 e. The van der Waals surface area contributed by atoms with Crippen molar-refractivity contribution in [1.82, 2.24) is 4.90 Å². The maximum atomic E-state index is 2.98. The van der Waals surface area contributed by atoms with Crippen molar-refractivity contribution in [3.8, 4) is 0 Å². The molecule has 2 heterocycles. The Morgan fingerprint density at radius 1 is 1.08 bits per heavy atom. The summed E-state index contributed by atoms with van der Waals surface area (Å²) in [5, 5.41) is 0. The van der Waals surface area contributed by atoms with Gasteiger partial charge in [-0.25, -0.2) is 0 Å². The molecule has 25 heavy (non-hydrogen) atoms. The van der Waals surface area contributed by atoms with Crippen LogP contribution in [0, 0.1) is 28.1 Å². The zero-order valence-corrected chi connectivity index (χ0v) is 16.7. The lowest BCUT2D eigenvalue weighted by atomic mass is 9.46. The van der Waals surface area contributed by atoms with Crippen LogP contribution in [0.4, 0.5) is 0 Å². The molecule has 4 fully saturated rings. The molecule has 6 aliphatic rings. The summed E-state index contributed by atoms with van der Waals surface area (Å²) < 4.78 is 0. The van der Waals surface area contributed by atoms with E-state index < -0.39 is 0 Å². The van der Waals surface area contributed by atoms with Crippen molar-refractivity contribution in [1.29, 1.82) is 0 Å². The summed E-state index contributed by atoms with van der Waals surface area (Å²) in [7, 11) is 0. The SMILES string of the molecule is CC1=C2C[C@]3([C@@H]4C=C[C@@H]5CCC[C@@]56CN46)CC[C@@H](C)[C@@]2(CC1)C3(C)C. The first-order valence-electron chi connectivity index (χ1n) is 11.0. The lowest BCUT2D eigenvalue weighted by Crippen LogP contribution is -2.57. The number of hydrogen-bond acceptors (Lipinski definition) is 1. The van der Waals surface area contributed by atoms with Crippen LogP contribution >= 0.6 is 0 Å². The molecule has 1 saturated heterocycles. The van der Waals surface area contributed by atoms with Gasteiger partial charge in [0.25, 0.3) is 0 Å². The highest BCUT2D eigenvalue weighted by Crippen LogP contribution is 2.79. The fourth-order valence-corrected chi connectivity index (χ4v) is 9.32. The first kappa shape index (κ1) is 15.5. The number of hydrogen-bond donors (Lipinski definition) is 0. The summed E-state index contributed by atoms with van der Waals surface area (Å²) in [6, 6.07) is 0.715. The van der Waals surface area contributed by atoms with Gasteiger partial charge in [-0.05, 0) is 74.5 Å². The molecule has 4 aliphatic carbocycles. The Morgan fingerprint density at radius 2 is 1.92 bits per heavy atom. The van der Waals surface area contributed by atoms with Crippen molar-refractivity contribution >= 4 is 0 Å². The Balaban J connectivity index is 1.50. The van der Waals surface area contributed by atoms with Gasteiger partial charge >= 0.3 is 0 Å². The molecule has 0 aromatic carbocycles. The van der Waals surface area contributed by atoms with Crippen LogP contribution in [-0.2, 0) is 0 Å². The standard InChI is InChI=1S/C24H35N/c1-16-9-13-24-17(2)10-12-22(14-19(16)24,21(24,3)4)20-8-7-18-6-5-11-23(18)15-25(20)23/h7-8,17-18,20H,5-6,9-15H2,1-4H3/t17-,18+,20+,22+,23-,24-,25?/m1/s1. The topological polar surface area (TPSA) is 3.01 Å². The van der Waals surface area contributed by atoms with E-state index in [0.29, 0.717) is 27.8 Å². The highest BCUT2D eigenvalue weighted by atomic mass is 15.4. The van der Waals surface area contributed by atoms with E-state index in [1.807, 2.05) is 5.57 Å². The second-order valence-electron chi connectivity index (χ2n) is 11.2. The molecule has 0 amide bonds. The zero-order chi connectivity index (χ0) is 17.2. The summed E-state index contributed by atoms with van der Waals surface area (Å²) in [5.74, 6) is 1.75. The van der Waals surface area contributed by atoms with E-state index in [2.05, 4.69) is 44.7 Å². The van der Waals surface area contributed by atoms with Crippen molar-refractivity contribution in [2.75, 3.05) is 6.54 Å². The van der Waals surface area contributed by atoms with Crippen molar-refractivity contribution in [3.05, 3.63) is 23.3 Å². The van der Waals surface area contributed by atoms with E-state index in [4.69, 9.17) is 0 Å². The third kappa shape index (κ3) is 1.41. The molecule has 0 aromatic heterocycles. The minimum absolute atomic E-state index is 0.439. The van der Waals surface area contributed by atoms with Crippen molar-refractivity contribution in [2.45, 2.75) is 90.6 Å². The lowest BCUT2D eigenvalue weighted by Gasteiger charge is -2.60. The van der Waals surface area contributed by atoms with Gasteiger partial charge in [0.2, 0.25) is 0 Å². The molecule has 7 atom stereocenters. The number of allylic oxidation sites excluding steroid dienone is 2. The Hall–Kier alpha value is -0.560. The van der Waals surface area contributed by atoms with Crippen molar-refractivity contribution in [2.24, 2.45) is 28.1 Å². The monoisotopic (exact) mass is 337 g/mol. The number of rotatable bonds is 1. The van der Waals surface area contributed by atoms with Gasteiger partial charge in [-0.1, -0.05) is 50.5 Å². The van der Waals surface area contributed by atoms with Crippen LogP contribution in [0.15, 0.2) is 23.3 Å². The summed E-state index contributed by atoms with van der Waals surface area (Å²) >= 11 is 0. The molecule has 2 spiro atoms. The van der Waals surface area contributed by atoms with E-state index in [-0.39, 0.29) is 0 Å². The van der Waals surface area contributed by atoms with Gasteiger partial charge in [0.05, 0.1) is 0 Å². The predicted molar refractivity (Wildman–Crippen MR) is 103 cm³/mol. The zero-order valence-electron chi connectivity index (χ0n) is 16.7. The Morgan fingerprint density at radius 3 is 2.76 bits per heavy atom. The molecule has 2 aliphatic heterocycles. The maximum Gasteiger partial charge on any atom is 0.0406 e. The largest absolute Gasteiger partial charge is 0.287 e. The Kier molecular flexibility index (Phi) is 2.66. The van der Waals surface area contributed by atoms with Crippen LogP contribution < -0.4 is 0 Å². The summed E-state index contributed by atoms with van der Waals surface area (Å²) in [5.41, 5.74) is 5.72. The van der Waals surface area contributed by atoms with E-state index in [9.17, 15) is 0 Å². The number of nitrogens with zero attached hydrogens (tertiary/aromatic N) is 1. The average Bonchev–Trinajstić information content (AvgIpc) is 2.98. The molecule has 0 aromatic rings. The minimum atomic E-state index is 0.439. The molecule has 3 saturated carbocycles. The molecule has 6 rings (SSSR count). The van der Waals surface area contributed by atoms with Crippen LogP contribution in [-0.4, -0.2) is 23.0 Å². The molecule has 1 heteroatoms. The summed E-state index contributed by atoms with van der Waals surface area (Å²) in [6.45, 7) is 11.8. The fraction of sp³-hybridized carbons (Fsp3) is 0.833. The lowest BCUT2D eigenvalue weighted by molar-refractivity contribution is -0.0965. The quantitative estimate of drug-likeness (QED) is 0.437. The van der Waals surface area contributed by atoms with Gasteiger partial charge in [0.15, 0.2) is 0 Å². The molecular weight excluding hydrogens is 302 g/mol. The number of fused-ring (bicyclic) bond motifs is 1. The molecule has 1 unspecified atom stereocenters. The summed E-state index contributed by atoms with van der Waals surface area (Å²) in [6.07, 6.45) is 16.9. The Labute approximate surface area is 153 Å². The first-order chi connectivity index (χ1) is 11.9. The van der Waals surface area contributed by atoms with E-state index >= 15 is 0 Å². The maximum absolute atomic E-state index is 2.98. The third-order valence-corrected chi connectivity index (χ3v) is 10.8.